The van der Waals surface area contributed by atoms with Crippen LogP contribution in [0.2, 0.25) is 0 Å². The summed E-state index contributed by atoms with van der Waals surface area (Å²) in [5.41, 5.74) is 5.26. The van der Waals surface area contributed by atoms with Crippen molar-refractivity contribution in [1.29, 1.82) is 0 Å². The first-order valence-electron chi connectivity index (χ1n) is 11.4. The molecular formula is C23H45N3O4. The van der Waals surface area contributed by atoms with Gasteiger partial charge in [-0.15, -0.1) is 0 Å². The molecule has 4 unspecified atom stereocenters. The fraction of sp³-hybridized carbons (Fsp3) is 0.870. The molecule has 3 N–H and O–H groups in total. The monoisotopic (exact) mass is 427 g/mol. The maximum absolute atomic E-state index is 12.6. The van der Waals surface area contributed by atoms with Crippen LogP contribution in [0.25, 0.3) is 0 Å². The van der Waals surface area contributed by atoms with E-state index in [1.807, 2.05) is 27.8 Å². The highest BCUT2D eigenvalue weighted by atomic mass is 16.5. The number of primary amides is 1. The minimum atomic E-state index is -0.350. The van der Waals surface area contributed by atoms with Crippen LogP contribution >= 0.6 is 0 Å². The fourth-order valence-corrected chi connectivity index (χ4v) is 3.62. The number of carbonyl (C=O) groups is 3. The number of nitrogens with zero attached hydrogens (tertiary/aromatic N) is 1. The van der Waals surface area contributed by atoms with E-state index < -0.39 is 0 Å². The molecule has 4 atom stereocenters. The van der Waals surface area contributed by atoms with E-state index in [0.717, 1.165) is 32.1 Å². The van der Waals surface area contributed by atoms with Gasteiger partial charge in [-0.25, -0.2) is 0 Å². The van der Waals surface area contributed by atoms with E-state index in [-0.39, 0.29) is 54.0 Å². The predicted molar refractivity (Wildman–Crippen MR) is 121 cm³/mol. The van der Waals surface area contributed by atoms with Crippen molar-refractivity contribution in [3.8, 4) is 0 Å². The summed E-state index contributed by atoms with van der Waals surface area (Å²) >= 11 is 0. The lowest BCUT2D eigenvalue weighted by Crippen LogP contribution is -2.50. The molecule has 0 aromatic rings. The SMILES string of the molecule is CCC(C)C(C(CC(=O)NCCCCCC(C)C(N)=O)OC)N(C)C(=O)CC(C)C. The van der Waals surface area contributed by atoms with Gasteiger partial charge in [0, 0.05) is 33.0 Å². The molecule has 0 fully saturated rings. The zero-order valence-electron chi connectivity index (χ0n) is 20.2. The molecule has 0 aromatic heterocycles. The number of amides is 3. The number of likely N-dealkylation sites (N-methyl/N-ethyl adjacent to an activating group) is 1. The number of rotatable bonds is 16. The average Bonchev–Trinajstić information content (AvgIpc) is 2.68. The van der Waals surface area contributed by atoms with Crippen molar-refractivity contribution >= 4 is 17.7 Å². The third kappa shape index (κ3) is 11.0. The number of nitrogens with one attached hydrogen (secondary N) is 1. The average molecular weight is 428 g/mol. The quantitative estimate of drug-likeness (QED) is 0.370. The normalized spacial score (nSPS) is 15.3. The van der Waals surface area contributed by atoms with Gasteiger partial charge in [-0.05, 0) is 24.7 Å². The first kappa shape index (κ1) is 28.4. The smallest absolute Gasteiger partial charge is 0.222 e. The molecule has 0 radical (unpaired) electrons. The molecule has 0 aliphatic carbocycles. The van der Waals surface area contributed by atoms with Crippen LogP contribution in [0, 0.1) is 17.8 Å². The van der Waals surface area contributed by atoms with Crippen LogP contribution in [0.3, 0.4) is 0 Å². The Kier molecular flexibility index (Phi) is 14.4. The van der Waals surface area contributed by atoms with E-state index >= 15 is 0 Å². The molecule has 7 nitrogen and oxygen atoms in total. The van der Waals surface area contributed by atoms with Gasteiger partial charge in [-0.3, -0.25) is 14.4 Å². The molecule has 7 heteroatoms. The van der Waals surface area contributed by atoms with Crippen LogP contribution in [-0.2, 0) is 19.1 Å². The maximum Gasteiger partial charge on any atom is 0.222 e. The lowest BCUT2D eigenvalue weighted by molar-refractivity contribution is -0.139. The molecule has 0 spiro atoms. The van der Waals surface area contributed by atoms with E-state index in [1.54, 1.807) is 12.0 Å². The van der Waals surface area contributed by atoms with Gasteiger partial charge < -0.3 is 20.7 Å². The largest absolute Gasteiger partial charge is 0.379 e. The molecule has 0 aromatic carbocycles. The Bertz CT molecular complexity index is 525. The number of hydrogen-bond donors (Lipinski definition) is 2. The second kappa shape index (κ2) is 15.2. The number of unbranched alkanes of at least 4 members (excludes halogenated alkanes) is 2. The second-order valence-corrected chi connectivity index (χ2v) is 8.96. The van der Waals surface area contributed by atoms with E-state index in [1.165, 1.54) is 0 Å². The van der Waals surface area contributed by atoms with E-state index in [9.17, 15) is 14.4 Å². The number of methoxy groups -OCH3 is 1. The van der Waals surface area contributed by atoms with Gasteiger partial charge in [0.2, 0.25) is 17.7 Å². The van der Waals surface area contributed by atoms with Crippen LogP contribution in [0.15, 0.2) is 0 Å². The molecular weight excluding hydrogens is 382 g/mol. The second-order valence-electron chi connectivity index (χ2n) is 8.96. The zero-order chi connectivity index (χ0) is 23.3. The lowest BCUT2D eigenvalue weighted by atomic mass is 9.90. The van der Waals surface area contributed by atoms with Crippen LogP contribution in [0.1, 0.15) is 79.6 Å². The van der Waals surface area contributed by atoms with Crippen LogP contribution < -0.4 is 11.1 Å². The Morgan fingerprint density at radius 2 is 1.67 bits per heavy atom. The third-order valence-electron chi connectivity index (χ3n) is 5.84. The van der Waals surface area contributed by atoms with E-state index in [2.05, 4.69) is 19.2 Å². The first-order chi connectivity index (χ1) is 14.0. The van der Waals surface area contributed by atoms with Crippen LogP contribution in [-0.4, -0.2) is 55.5 Å². The third-order valence-corrected chi connectivity index (χ3v) is 5.84. The molecule has 0 saturated carbocycles. The van der Waals surface area contributed by atoms with Gasteiger partial charge in [0.15, 0.2) is 0 Å². The number of ether oxygens (including phenoxy) is 1. The minimum Gasteiger partial charge on any atom is -0.379 e. The summed E-state index contributed by atoms with van der Waals surface area (Å²) in [4.78, 5) is 37.9. The van der Waals surface area contributed by atoms with E-state index in [4.69, 9.17) is 10.5 Å². The summed E-state index contributed by atoms with van der Waals surface area (Å²) in [5, 5.41) is 2.96. The first-order valence-corrected chi connectivity index (χ1v) is 11.4. The predicted octanol–water partition coefficient (Wildman–Crippen LogP) is 3.11. The van der Waals surface area contributed by atoms with Crippen molar-refractivity contribution < 1.29 is 19.1 Å². The number of hydrogen-bond acceptors (Lipinski definition) is 4. The highest BCUT2D eigenvalue weighted by Gasteiger charge is 2.33. The van der Waals surface area contributed by atoms with Crippen molar-refractivity contribution in [2.75, 3.05) is 20.7 Å². The highest BCUT2D eigenvalue weighted by molar-refractivity contribution is 5.78. The minimum absolute atomic E-state index is 0.0645. The molecule has 0 aliphatic rings. The number of carbonyl (C=O) groups excluding carboxylic acids is 3. The van der Waals surface area contributed by atoms with Crippen molar-refractivity contribution in [3.05, 3.63) is 0 Å². The molecule has 0 rings (SSSR count). The Labute approximate surface area is 183 Å². The number of nitrogens with two attached hydrogens (primary N) is 1. The van der Waals surface area contributed by atoms with Gasteiger partial charge in [0.1, 0.15) is 0 Å². The van der Waals surface area contributed by atoms with Crippen LogP contribution in [0.4, 0.5) is 0 Å². The fourth-order valence-electron chi connectivity index (χ4n) is 3.62. The Morgan fingerprint density at radius 1 is 1.03 bits per heavy atom. The standard InChI is InChI=1S/C23H45N3O4/c1-8-17(4)22(26(6)21(28)14-16(2)3)19(30-7)15-20(27)25-13-11-9-10-12-18(5)23(24)29/h16-19,22H,8-15H2,1-7H3,(H2,24,29)(H,25,27). The van der Waals surface area contributed by atoms with Gasteiger partial charge in [-0.1, -0.05) is 53.9 Å². The van der Waals surface area contributed by atoms with Gasteiger partial charge in [0.05, 0.1) is 18.6 Å². The molecule has 0 bridgehead atoms. The van der Waals surface area contributed by atoms with Crippen LogP contribution in [0.5, 0.6) is 0 Å². The van der Waals surface area contributed by atoms with Gasteiger partial charge >= 0.3 is 0 Å². The van der Waals surface area contributed by atoms with Crippen molar-refractivity contribution in [2.45, 2.75) is 91.7 Å². The Hall–Kier alpha value is -1.63. The summed E-state index contributed by atoms with van der Waals surface area (Å²) in [6.45, 7) is 10.7. The zero-order valence-corrected chi connectivity index (χ0v) is 20.2. The molecule has 3 amide bonds. The Morgan fingerprint density at radius 3 is 2.17 bits per heavy atom. The maximum atomic E-state index is 12.6. The Balaban J connectivity index is 4.65. The molecule has 0 heterocycles. The molecule has 30 heavy (non-hydrogen) atoms. The molecule has 176 valence electrons. The van der Waals surface area contributed by atoms with Crippen molar-refractivity contribution in [1.82, 2.24) is 10.2 Å². The highest BCUT2D eigenvalue weighted by Crippen LogP contribution is 2.23. The van der Waals surface area contributed by atoms with Gasteiger partial charge in [0.25, 0.3) is 0 Å². The molecule has 0 saturated heterocycles. The molecule has 0 aliphatic heterocycles. The topological polar surface area (TPSA) is 102 Å². The van der Waals surface area contributed by atoms with E-state index in [0.29, 0.717) is 13.0 Å². The summed E-state index contributed by atoms with van der Waals surface area (Å²) in [6.07, 6.45) is 4.75. The lowest BCUT2D eigenvalue weighted by Gasteiger charge is -2.38. The summed E-state index contributed by atoms with van der Waals surface area (Å²) in [5.74, 6) is 0.161. The summed E-state index contributed by atoms with van der Waals surface area (Å²) < 4.78 is 5.68. The van der Waals surface area contributed by atoms with Gasteiger partial charge in [-0.2, -0.15) is 0 Å². The van der Waals surface area contributed by atoms with Crippen molar-refractivity contribution in [2.24, 2.45) is 23.5 Å². The van der Waals surface area contributed by atoms with Crippen molar-refractivity contribution in [3.63, 3.8) is 0 Å². The summed E-state index contributed by atoms with van der Waals surface area (Å²) in [7, 11) is 3.42. The summed E-state index contributed by atoms with van der Waals surface area (Å²) in [6, 6.07) is -0.146.